The lowest BCUT2D eigenvalue weighted by atomic mass is 10.3. The molecule has 0 unspecified atom stereocenters. The molecule has 15 heavy (non-hydrogen) atoms. The van der Waals surface area contributed by atoms with Crippen molar-refractivity contribution in [1.29, 1.82) is 0 Å². The predicted octanol–water partition coefficient (Wildman–Crippen LogP) is 3.06. The van der Waals surface area contributed by atoms with E-state index in [1.54, 1.807) is 6.20 Å². The molecule has 0 radical (unpaired) electrons. The minimum Gasteiger partial charge on any atom is -0.310 e. The lowest BCUT2D eigenvalue weighted by Gasteiger charge is -2.03. The van der Waals surface area contributed by atoms with Crippen LogP contribution in [0.25, 0.3) is 0 Å². The lowest BCUT2D eigenvalue weighted by molar-refractivity contribution is 0.683. The van der Waals surface area contributed by atoms with Gasteiger partial charge in [0.05, 0.1) is 0 Å². The van der Waals surface area contributed by atoms with Gasteiger partial charge in [0.2, 0.25) is 5.28 Å². The Morgan fingerprint density at radius 1 is 1.40 bits per heavy atom. The van der Waals surface area contributed by atoms with Crippen LogP contribution in [-0.4, -0.2) is 16.0 Å². The van der Waals surface area contributed by atoms with Gasteiger partial charge >= 0.3 is 0 Å². The smallest absolute Gasteiger partial charge is 0.223 e. The summed E-state index contributed by atoms with van der Waals surface area (Å²) in [4.78, 5) is 7.72. The van der Waals surface area contributed by atoms with E-state index in [2.05, 4.69) is 15.3 Å². The number of aromatic nitrogens is 2. The number of hydrogen-bond acceptors (Lipinski definition) is 3. The topological polar surface area (TPSA) is 37.8 Å². The van der Waals surface area contributed by atoms with E-state index >= 15 is 0 Å². The SMILES string of the molecule is CC.Clc1ncc(CNC2CC2)c(Cl)n1. The van der Waals surface area contributed by atoms with Crippen molar-refractivity contribution >= 4 is 23.2 Å². The van der Waals surface area contributed by atoms with Crippen molar-refractivity contribution in [2.75, 3.05) is 0 Å². The van der Waals surface area contributed by atoms with Crippen molar-refractivity contribution < 1.29 is 0 Å². The van der Waals surface area contributed by atoms with Crippen molar-refractivity contribution in [2.45, 2.75) is 39.3 Å². The molecular formula is C10H15Cl2N3. The molecule has 1 aromatic rings. The molecule has 0 spiro atoms. The molecule has 3 nitrogen and oxygen atoms in total. The minimum absolute atomic E-state index is 0.195. The van der Waals surface area contributed by atoms with E-state index < -0.39 is 0 Å². The van der Waals surface area contributed by atoms with Crippen LogP contribution in [0.15, 0.2) is 6.20 Å². The third kappa shape index (κ3) is 4.33. The van der Waals surface area contributed by atoms with E-state index in [1.807, 2.05) is 13.8 Å². The highest BCUT2D eigenvalue weighted by molar-refractivity contribution is 6.32. The Morgan fingerprint density at radius 3 is 2.60 bits per heavy atom. The number of nitrogens with zero attached hydrogens (tertiary/aromatic N) is 2. The van der Waals surface area contributed by atoms with Gasteiger partial charge in [-0.3, -0.25) is 0 Å². The van der Waals surface area contributed by atoms with E-state index in [-0.39, 0.29) is 5.28 Å². The van der Waals surface area contributed by atoms with Crippen LogP contribution in [-0.2, 0) is 6.54 Å². The Hall–Kier alpha value is -0.380. The molecule has 0 atom stereocenters. The van der Waals surface area contributed by atoms with Crippen LogP contribution in [0.2, 0.25) is 10.4 Å². The van der Waals surface area contributed by atoms with Crippen LogP contribution in [0, 0.1) is 0 Å². The maximum absolute atomic E-state index is 5.86. The fourth-order valence-corrected chi connectivity index (χ4v) is 1.40. The van der Waals surface area contributed by atoms with E-state index in [1.165, 1.54) is 12.8 Å². The van der Waals surface area contributed by atoms with Gasteiger partial charge in [0.15, 0.2) is 0 Å². The summed E-state index contributed by atoms with van der Waals surface area (Å²) < 4.78 is 0. The molecule has 0 aromatic carbocycles. The zero-order valence-electron chi connectivity index (χ0n) is 8.93. The number of hydrogen-bond donors (Lipinski definition) is 1. The molecule has 1 saturated carbocycles. The number of halogens is 2. The summed E-state index contributed by atoms with van der Waals surface area (Å²) in [7, 11) is 0. The number of rotatable bonds is 3. The second-order valence-corrected chi connectivity index (χ2v) is 3.81. The molecule has 1 N–H and O–H groups in total. The van der Waals surface area contributed by atoms with Crippen LogP contribution in [0.3, 0.4) is 0 Å². The molecule has 1 fully saturated rings. The minimum atomic E-state index is 0.195. The summed E-state index contributed by atoms with van der Waals surface area (Å²) in [6.45, 7) is 4.72. The first-order chi connectivity index (χ1) is 7.25. The summed E-state index contributed by atoms with van der Waals surface area (Å²) in [5, 5.41) is 3.96. The fourth-order valence-electron chi connectivity index (χ4n) is 1.03. The summed E-state index contributed by atoms with van der Waals surface area (Å²) >= 11 is 11.4. The Morgan fingerprint density at radius 2 is 2.07 bits per heavy atom. The normalized spacial score (nSPS) is 14.4. The third-order valence-corrected chi connectivity index (χ3v) is 2.45. The number of nitrogens with one attached hydrogen (secondary N) is 1. The van der Waals surface area contributed by atoms with Gasteiger partial charge in [-0.1, -0.05) is 25.4 Å². The van der Waals surface area contributed by atoms with Gasteiger partial charge in [0.25, 0.3) is 0 Å². The van der Waals surface area contributed by atoms with Crippen molar-refractivity contribution in [2.24, 2.45) is 0 Å². The molecule has 1 aliphatic carbocycles. The standard InChI is InChI=1S/C8H9Cl2N3.C2H6/c9-7-5(3-11-6-1-2-6)4-12-8(10)13-7;1-2/h4,6,11H,1-3H2;1-2H3. The van der Waals surface area contributed by atoms with E-state index in [4.69, 9.17) is 23.2 Å². The van der Waals surface area contributed by atoms with Crippen molar-refractivity contribution in [3.63, 3.8) is 0 Å². The second-order valence-electron chi connectivity index (χ2n) is 3.11. The average molecular weight is 248 g/mol. The maximum atomic E-state index is 5.86. The van der Waals surface area contributed by atoms with Crippen LogP contribution < -0.4 is 5.32 Å². The van der Waals surface area contributed by atoms with Crippen molar-refractivity contribution in [1.82, 2.24) is 15.3 Å². The lowest BCUT2D eigenvalue weighted by Crippen LogP contribution is -2.16. The van der Waals surface area contributed by atoms with Crippen LogP contribution >= 0.6 is 23.2 Å². The first-order valence-corrected chi connectivity index (χ1v) is 5.91. The van der Waals surface area contributed by atoms with Crippen LogP contribution in [0.1, 0.15) is 32.3 Å². The molecule has 5 heteroatoms. The van der Waals surface area contributed by atoms with Gasteiger partial charge in [0.1, 0.15) is 5.15 Å². The van der Waals surface area contributed by atoms with E-state index in [0.717, 1.165) is 12.1 Å². The molecule has 0 saturated heterocycles. The van der Waals surface area contributed by atoms with Crippen LogP contribution in [0.4, 0.5) is 0 Å². The summed E-state index contributed by atoms with van der Waals surface area (Å²) in [5.41, 5.74) is 0.901. The van der Waals surface area contributed by atoms with Crippen molar-refractivity contribution in [3.05, 3.63) is 22.2 Å². The van der Waals surface area contributed by atoms with Gasteiger partial charge in [0, 0.05) is 24.3 Å². The highest BCUT2D eigenvalue weighted by Gasteiger charge is 2.20. The monoisotopic (exact) mass is 247 g/mol. The van der Waals surface area contributed by atoms with Gasteiger partial charge < -0.3 is 5.32 Å². The van der Waals surface area contributed by atoms with Crippen LogP contribution in [0.5, 0.6) is 0 Å². The third-order valence-electron chi connectivity index (χ3n) is 1.94. The first-order valence-electron chi connectivity index (χ1n) is 5.16. The molecule has 0 amide bonds. The largest absolute Gasteiger partial charge is 0.310 e. The molecule has 0 bridgehead atoms. The molecular weight excluding hydrogens is 233 g/mol. The highest BCUT2D eigenvalue weighted by atomic mass is 35.5. The van der Waals surface area contributed by atoms with Crippen molar-refractivity contribution in [3.8, 4) is 0 Å². The highest BCUT2D eigenvalue weighted by Crippen LogP contribution is 2.20. The summed E-state index contributed by atoms with van der Waals surface area (Å²) in [6, 6.07) is 0.659. The van der Waals surface area contributed by atoms with Gasteiger partial charge in [-0.15, -0.1) is 0 Å². The van der Waals surface area contributed by atoms with Gasteiger partial charge in [-0.25, -0.2) is 9.97 Å². The molecule has 1 heterocycles. The zero-order chi connectivity index (χ0) is 11.3. The molecule has 2 rings (SSSR count). The fraction of sp³-hybridized carbons (Fsp3) is 0.600. The second kappa shape index (κ2) is 6.26. The maximum Gasteiger partial charge on any atom is 0.223 e. The quantitative estimate of drug-likeness (QED) is 0.659. The Bertz CT molecular complexity index is 314. The molecule has 1 aliphatic rings. The van der Waals surface area contributed by atoms with Gasteiger partial charge in [-0.2, -0.15) is 0 Å². The van der Waals surface area contributed by atoms with Gasteiger partial charge in [-0.05, 0) is 24.4 Å². The Labute approximate surface area is 100 Å². The molecule has 1 aromatic heterocycles. The summed E-state index contributed by atoms with van der Waals surface area (Å²) in [5.74, 6) is 0. The Balaban J connectivity index is 0.000000531. The molecule has 0 aliphatic heterocycles. The van der Waals surface area contributed by atoms with E-state index in [0.29, 0.717) is 11.2 Å². The predicted molar refractivity (Wildman–Crippen MR) is 63.3 cm³/mol. The molecule has 84 valence electrons. The zero-order valence-corrected chi connectivity index (χ0v) is 10.4. The Kier molecular flexibility index (Phi) is 5.29. The van der Waals surface area contributed by atoms with E-state index in [9.17, 15) is 0 Å². The summed E-state index contributed by atoms with van der Waals surface area (Å²) in [6.07, 6.45) is 4.17. The average Bonchev–Trinajstić information content (AvgIpc) is 3.03. The first kappa shape index (κ1) is 12.7.